The van der Waals surface area contributed by atoms with Crippen molar-refractivity contribution in [3.8, 4) is 11.5 Å². The van der Waals surface area contributed by atoms with Gasteiger partial charge >= 0.3 is 5.97 Å². The number of hydrogen-bond acceptors (Lipinski definition) is 4. The lowest BCUT2D eigenvalue weighted by molar-refractivity contribution is -0.133. The number of esters is 1. The highest BCUT2D eigenvalue weighted by Crippen LogP contribution is 2.36. The van der Waals surface area contributed by atoms with Crippen LogP contribution in [-0.4, -0.2) is 19.4 Å². The van der Waals surface area contributed by atoms with Gasteiger partial charge in [-0.15, -0.1) is 0 Å². The predicted octanol–water partition coefficient (Wildman–Crippen LogP) is 3.56. The highest BCUT2D eigenvalue weighted by Gasteiger charge is 2.16. The average Bonchev–Trinajstić information content (AvgIpc) is 2.51. The van der Waals surface area contributed by atoms with Gasteiger partial charge in [-0.05, 0) is 45.8 Å². The molecule has 0 radical (unpaired) electrons. The number of methoxy groups -OCH3 is 1. The Morgan fingerprint density at radius 1 is 1.27 bits per heavy atom. The van der Waals surface area contributed by atoms with Gasteiger partial charge in [-0.1, -0.05) is 12.1 Å². The van der Waals surface area contributed by atoms with Gasteiger partial charge in [0.25, 0.3) is 0 Å². The quantitative estimate of drug-likeness (QED) is 0.461. The Balaban J connectivity index is 2.17. The van der Waals surface area contributed by atoms with Crippen molar-refractivity contribution in [3.63, 3.8) is 0 Å². The van der Waals surface area contributed by atoms with E-state index >= 15 is 0 Å². The smallest absolute Gasteiger partial charge is 0.315 e. The molecule has 0 fully saturated rings. The highest BCUT2D eigenvalue weighted by molar-refractivity contribution is 9.10. The van der Waals surface area contributed by atoms with Gasteiger partial charge in [0, 0.05) is 5.56 Å². The minimum atomic E-state index is -0.524. The first kappa shape index (κ1) is 16.2. The molecule has 0 bridgehead atoms. The Bertz CT molecular complexity index is 698. The summed E-state index contributed by atoms with van der Waals surface area (Å²) in [7, 11) is 1.41. The Morgan fingerprint density at radius 2 is 1.95 bits per heavy atom. The van der Waals surface area contributed by atoms with Crippen molar-refractivity contribution in [1.82, 2.24) is 0 Å². The van der Waals surface area contributed by atoms with Gasteiger partial charge in [-0.2, -0.15) is 0 Å². The van der Waals surface area contributed by atoms with Crippen LogP contribution in [0.1, 0.15) is 15.9 Å². The molecule has 0 saturated heterocycles. The molecule has 0 heterocycles. The van der Waals surface area contributed by atoms with E-state index in [0.717, 1.165) is 0 Å². The van der Waals surface area contributed by atoms with Crippen molar-refractivity contribution < 1.29 is 23.5 Å². The van der Waals surface area contributed by atoms with Crippen molar-refractivity contribution in [2.24, 2.45) is 0 Å². The number of ether oxygens (including phenoxy) is 2. The van der Waals surface area contributed by atoms with Gasteiger partial charge < -0.3 is 9.47 Å². The molecule has 0 spiro atoms. The minimum absolute atomic E-state index is 0.00862. The maximum absolute atomic E-state index is 12.8. The molecule has 22 heavy (non-hydrogen) atoms. The zero-order valence-corrected chi connectivity index (χ0v) is 13.2. The van der Waals surface area contributed by atoms with Crippen LogP contribution in [-0.2, 0) is 11.2 Å². The summed E-state index contributed by atoms with van der Waals surface area (Å²) in [4.78, 5) is 22.8. The van der Waals surface area contributed by atoms with E-state index < -0.39 is 5.97 Å². The lowest BCUT2D eigenvalue weighted by atomic mass is 10.1. The number of benzene rings is 2. The van der Waals surface area contributed by atoms with Gasteiger partial charge in [0.15, 0.2) is 11.5 Å². The molecule has 0 atom stereocenters. The van der Waals surface area contributed by atoms with Crippen LogP contribution < -0.4 is 9.47 Å². The van der Waals surface area contributed by atoms with Gasteiger partial charge in [0.05, 0.1) is 18.0 Å². The van der Waals surface area contributed by atoms with Crippen LogP contribution in [0.2, 0.25) is 0 Å². The van der Waals surface area contributed by atoms with Crippen LogP contribution >= 0.6 is 15.9 Å². The third kappa shape index (κ3) is 3.92. The van der Waals surface area contributed by atoms with Crippen LogP contribution in [0.3, 0.4) is 0 Å². The van der Waals surface area contributed by atoms with E-state index in [1.54, 1.807) is 0 Å². The van der Waals surface area contributed by atoms with Crippen molar-refractivity contribution in [3.05, 3.63) is 57.8 Å². The van der Waals surface area contributed by atoms with Gasteiger partial charge in [0.1, 0.15) is 12.1 Å². The van der Waals surface area contributed by atoms with E-state index in [2.05, 4.69) is 15.9 Å². The van der Waals surface area contributed by atoms with Crippen LogP contribution in [0.15, 0.2) is 40.9 Å². The first-order valence-electron chi connectivity index (χ1n) is 6.31. The second-order valence-corrected chi connectivity index (χ2v) is 5.28. The first-order valence-corrected chi connectivity index (χ1v) is 7.10. The third-order valence-corrected chi connectivity index (χ3v) is 3.45. The molecule has 2 aromatic rings. The molecule has 0 aliphatic carbocycles. The summed E-state index contributed by atoms with van der Waals surface area (Å²) in [6, 6.07) is 8.57. The van der Waals surface area contributed by atoms with Crippen molar-refractivity contribution >= 4 is 28.2 Å². The second-order valence-electron chi connectivity index (χ2n) is 4.43. The molecule has 0 aliphatic rings. The number of carbonyl (C=O) groups is 2. The molecule has 0 N–H and O–H groups in total. The molecule has 4 nitrogen and oxygen atoms in total. The van der Waals surface area contributed by atoms with Crippen molar-refractivity contribution in [2.45, 2.75) is 6.42 Å². The molecule has 6 heteroatoms. The fourth-order valence-corrected chi connectivity index (χ4v) is 2.37. The molecule has 0 aromatic heterocycles. The van der Waals surface area contributed by atoms with Crippen LogP contribution in [0.4, 0.5) is 4.39 Å². The predicted molar refractivity (Wildman–Crippen MR) is 81.8 cm³/mol. The van der Waals surface area contributed by atoms with E-state index in [1.807, 2.05) is 0 Å². The topological polar surface area (TPSA) is 52.6 Å². The molecule has 114 valence electrons. The maximum Gasteiger partial charge on any atom is 0.315 e. The Hall–Kier alpha value is -2.21. The molecular weight excluding hydrogens is 355 g/mol. The Kier molecular flexibility index (Phi) is 5.27. The van der Waals surface area contributed by atoms with Gasteiger partial charge in [-0.3, -0.25) is 9.59 Å². The highest BCUT2D eigenvalue weighted by atomic mass is 79.9. The maximum atomic E-state index is 12.8. The summed E-state index contributed by atoms with van der Waals surface area (Å²) >= 11 is 3.24. The summed E-state index contributed by atoms with van der Waals surface area (Å²) in [5.41, 5.74) is 1.02. The third-order valence-electron chi connectivity index (χ3n) is 2.87. The van der Waals surface area contributed by atoms with Crippen molar-refractivity contribution in [1.29, 1.82) is 0 Å². The van der Waals surface area contributed by atoms with E-state index in [9.17, 15) is 14.0 Å². The fourth-order valence-electron chi connectivity index (χ4n) is 1.83. The zero-order valence-electron chi connectivity index (χ0n) is 11.6. The number of halogens is 2. The Labute approximate surface area is 135 Å². The molecule has 0 unspecified atom stereocenters. The van der Waals surface area contributed by atoms with E-state index in [0.29, 0.717) is 21.9 Å². The summed E-state index contributed by atoms with van der Waals surface area (Å²) in [5, 5.41) is 0. The Morgan fingerprint density at radius 3 is 2.55 bits per heavy atom. The number of carbonyl (C=O) groups excluding carboxylic acids is 2. The summed E-state index contributed by atoms with van der Waals surface area (Å²) in [5.74, 6) is -0.431. The molecule has 2 rings (SSSR count). The molecular formula is C16H12BrFO4. The minimum Gasteiger partial charge on any atom is -0.493 e. The lowest BCUT2D eigenvalue weighted by Crippen LogP contribution is -2.12. The van der Waals surface area contributed by atoms with E-state index in [4.69, 9.17) is 9.47 Å². The van der Waals surface area contributed by atoms with Crippen LogP contribution in [0.5, 0.6) is 11.5 Å². The first-order chi connectivity index (χ1) is 10.5. The summed E-state index contributed by atoms with van der Waals surface area (Å²) < 4.78 is 23.7. The van der Waals surface area contributed by atoms with Gasteiger partial charge in [0.2, 0.25) is 0 Å². The average molecular weight is 367 g/mol. The molecule has 0 amide bonds. The van der Waals surface area contributed by atoms with E-state index in [-0.39, 0.29) is 23.7 Å². The normalized spacial score (nSPS) is 10.1. The van der Waals surface area contributed by atoms with Crippen molar-refractivity contribution in [2.75, 3.05) is 7.11 Å². The fraction of sp³-hybridized carbons (Fsp3) is 0.125. The molecule has 0 aliphatic heterocycles. The largest absolute Gasteiger partial charge is 0.493 e. The number of aldehydes is 1. The van der Waals surface area contributed by atoms with Crippen LogP contribution in [0, 0.1) is 5.82 Å². The second kappa shape index (κ2) is 7.17. The summed E-state index contributed by atoms with van der Waals surface area (Å²) in [6.07, 6.45) is 0.655. The zero-order chi connectivity index (χ0) is 16.1. The molecule has 2 aromatic carbocycles. The number of rotatable bonds is 5. The number of hydrogen-bond donors (Lipinski definition) is 0. The molecule has 0 saturated carbocycles. The van der Waals surface area contributed by atoms with Gasteiger partial charge in [-0.25, -0.2) is 4.39 Å². The van der Waals surface area contributed by atoms with Crippen LogP contribution in [0.25, 0.3) is 0 Å². The standard InChI is InChI=1S/C16H12BrFO4/c1-21-14-7-11(9-19)6-13(17)16(14)22-15(20)8-10-2-4-12(18)5-3-10/h2-7,9H,8H2,1H3. The SMILES string of the molecule is COc1cc(C=O)cc(Br)c1OC(=O)Cc1ccc(F)cc1. The van der Waals surface area contributed by atoms with E-state index in [1.165, 1.54) is 43.5 Å². The lowest BCUT2D eigenvalue weighted by Gasteiger charge is -2.12. The summed E-state index contributed by atoms with van der Waals surface area (Å²) in [6.45, 7) is 0. The monoisotopic (exact) mass is 366 g/mol.